The normalized spacial score (nSPS) is 11.8. The number of sulfonamides is 1. The molecule has 150 valence electrons. The number of aromatic nitrogens is 2. The Hall–Kier alpha value is -2.94. The van der Waals surface area contributed by atoms with Crippen molar-refractivity contribution >= 4 is 44.9 Å². The quantitative estimate of drug-likeness (QED) is 0.424. The van der Waals surface area contributed by atoms with Crippen molar-refractivity contribution in [2.24, 2.45) is 0 Å². The molecule has 0 aliphatic heterocycles. The molecule has 9 heteroatoms. The first-order valence-electron chi connectivity index (χ1n) is 8.67. The van der Waals surface area contributed by atoms with Gasteiger partial charge in [-0.3, -0.25) is 9.20 Å². The SMILES string of the molecule is C=CCNS(=O)(=O)Cc1ccc(NC(=O)/C=C/c2c(Cl)nc3ccccn23)cc1. The van der Waals surface area contributed by atoms with Crippen molar-refractivity contribution < 1.29 is 13.2 Å². The second-order valence-corrected chi connectivity index (χ2v) is 8.30. The van der Waals surface area contributed by atoms with Gasteiger partial charge >= 0.3 is 0 Å². The van der Waals surface area contributed by atoms with Crippen LogP contribution < -0.4 is 10.0 Å². The summed E-state index contributed by atoms with van der Waals surface area (Å²) >= 11 is 6.14. The van der Waals surface area contributed by atoms with Gasteiger partial charge < -0.3 is 5.32 Å². The lowest BCUT2D eigenvalue weighted by Gasteiger charge is -2.06. The number of carbonyl (C=O) groups excluding carboxylic acids is 1. The average Bonchev–Trinajstić information content (AvgIpc) is 3.01. The number of hydrogen-bond acceptors (Lipinski definition) is 4. The first-order chi connectivity index (χ1) is 13.9. The number of hydrogen-bond donors (Lipinski definition) is 2. The number of amides is 1. The third-order valence-electron chi connectivity index (χ3n) is 3.94. The summed E-state index contributed by atoms with van der Waals surface area (Å²) in [5.74, 6) is -0.498. The smallest absolute Gasteiger partial charge is 0.248 e. The number of benzene rings is 1. The van der Waals surface area contributed by atoms with E-state index in [9.17, 15) is 13.2 Å². The largest absolute Gasteiger partial charge is 0.323 e. The van der Waals surface area contributed by atoms with E-state index in [2.05, 4.69) is 21.6 Å². The molecule has 7 nitrogen and oxygen atoms in total. The number of imidazole rings is 1. The maximum absolute atomic E-state index is 12.2. The highest BCUT2D eigenvalue weighted by atomic mass is 35.5. The molecule has 29 heavy (non-hydrogen) atoms. The predicted molar refractivity (Wildman–Crippen MR) is 115 cm³/mol. The summed E-state index contributed by atoms with van der Waals surface area (Å²) in [5, 5.41) is 3.02. The molecular weight excluding hydrogens is 412 g/mol. The van der Waals surface area contributed by atoms with Crippen molar-refractivity contribution in [1.29, 1.82) is 0 Å². The fourth-order valence-electron chi connectivity index (χ4n) is 2.61. The Morgan fingerprint density at radius 3 is 2.69 bits per heavy atom. The summed E-state index contributed by atoms with van der Waals surface area (Å²) in [6.45, 7) is 3.66. The Morgan fingerprint density at radius 2 is 1.97 bits per heavy atom. The topological polar surface area (TPSA) is 92.6 Å². The van der Waals surface area contributed by atoms with Gasteiger partial charge in [-0.25, -0.2) is 18.1 Å². The van der Waals surface area contributed by atoms with Gasteiger partial charge in [-0.05, 0) is 35.9 Å². The van der Waals surface area contributed by atoms with Gasteiger partial charge in [0.25, 0.3) is 0 Å². The molecule has 2 N–H and O–H groups in total. The fourth-order valence-corrected chi connectivity index (χ4v) is 3.96. The van der Waals surface area contributed by atoms with E-state index in [-0.39, 0.29) is 18.2 Å². The van der Waals surface area contributed by atoms with Gasteiger partial charge in [0.2, 0.25) is 15.9 Å². The van der Waals surface area contributed by atoms with Crippen molar-refractivity contribution in [2.75, 3.05) is 11.9 Å². The molecule has 0 radical (unpaired) electrons. The average molecular weight is 431 g/mol. The van der Waals surface area contributed by atoms with E-state index in [0.29, 0.717) is 27.7 Å². The number of rotatable bonds is 8. The van der Waals surface area contributed by atoms with Gasteiger partial charge in [0.1, 0.15) is 5.65 Å². The summed E-state index contributed by atoms with van der Waals surface area (Å²) in [7, 11) is -3.43. The van der Waals surface area contributed by atoms with Crippen LogP contribution in [0.2, 0.25) is 5.15 Å². The Kier molecular flexibility index (Phi) is 6.48. The van der Waals surface area contributed by atoms with E-state index in [0.717, 1.165) is 0 Å². The predicted octanol–water partition coefficient (Wildman–Crippen LogP) is 3.25. The lowest BCUT2D eigenvalue weighted by Crippen LogP contribution is -2.25. The molecule has 0 aliphatic carbocycles. The molecule has 0 spiro atoms. The lowest BCUT2D eigenvalue weighted by molar-refractivity contribution is -0.111. The zero-order valence-electron chi connectivity index (χ0n) is 15.4. The van der Waals surface area contributed by atoms with Gasteiger partial charge in [0.05, 0.1) is 11.4 Å². The molecule has 3 aromatic rings. The van der Waals surface area contributed by atoms with Gasteiger partial charge in [-0.2, -0.15) is 0 Å². The minimum absolute atomic E-state index is 0.151. The van der Waals surface area contributed by atoms with Crippen LogP contribution in [-0.4, -0.2) is 30.3 Å². The number of carbonyl (C=O) groups is 1. The highest BCUT2D eigenvalue weighted by Crippen LogP contribution is 2.19. The second-order valence-electron chi connectivity index (χ2n) is 6.13. The minimum Gasteiger partial charge on any atom is -0.323 e. The van der Waals surface area contributed by atoms with Crippen molar-refractivity contribution in [1.82, 2.24) is 14.1 Å². The van der Waals surface area contributed by atoms with Crippen LogP contribution in [0.25, 0.3) is 11.7 Å². The van der Waals surface area contributed by atoms with Crippen LogP contribution in [0.5, 0.6) is 0 Å². The third kappa shape index (κ3) is 5.54. The first kappa shape index (κ1) is 20.8. The monoisotopic (exact) mass is 430 g/mol. The molecule has 0 saturated carbocycles. The first-order valence-corrected chi connectivity index (χ1v) is 10.7. The van der Waals surface area contributed by atoms with Crippen molar-refractivity contribution in [3.63, 3.8) is 0 Å². The van der Waals surface area contributed by atoms with Crippen LogP contribution >= 0.6 is 11.6 Å². The van der Waals surface area contributed by atoms with E-state index in [1.807, 2.05) is 24.4 Å². The molecule has 3 rings (SSSR count). The van der Waals surface area contributed by atoms with Crippen LogP contribution in [0.4, 0.5) is 5.69 Å². The zero-order valence-corrected chi connectivity index (χ0v) is 16.9. The molecule has 2 aromatic heterocycles. The summed E-state index contributed by atoms with van der Waals surface area (Å²) in [6, 6.07) is 12.1. The number of anilines is 1. The molecular formula is C20H19ClN4O3S. The fraction of sp³-hybridized carbons (Fsp3) is 0.100. The Balaban J connectivity index is 1.64. The van der Waals surface area contributed by atoms with Gasteiger partial charge in [0, 0.05) is 24.5 Å². The number of fused-ring (bicyclic) bond motifs is 1. The molecule has 1 aromatic carbocycles. The Bertz CT molecular complexity index is 1170. The number of halogens is 1. The molecule has 1 amide bonds. The molecule has 0 saturated heterocycles. The Labute approximate surface area is 173 Å². The molecule has 0 unspecified atom stereocenters. The van der Waals surface area contributed by atoms with Crippen LogP contribution in [0.15, 0.2) is 67.4 Å². The molecule has 0 bridgehead atoms. The number of nitrogens with one attached hydrogen (secondary N) is 2. The maximum Gasteiger partial charge on any atom is 0.248 e. The van der Waals surface area contributed by atoms with E-state index >= 15 is 0 Å². The maximum atomic E-state index is 12.2. The highest BCUT2D eigenvalue weighted by molar-refractivity contribution is 7.88. The van der Waals surface area contributed by atoms with Gasteiger partial charge in [-0.1, -0.05) is 35.9 Å². The van der Waals surface area contributed by atoms with E-state index in [1.165, 1.54) is 12.2 Å². The molecule has 0 fully saturated rings. The molecule has 2 heterocycles. The van der Waals surface area contributed by atoms with Gasteiger partial charge in [0.15, 0.2) is 5.15 Å². The summed E-state index contributed by atoms with van der Waals surface area (Å²) in [5.41, 5.74) is 2.44. The van der Waals surface area contributed by atoms with Crippen LogP contribution in [-0.2, 0) is 20.6 Å². The van der Waals surface area contributed by atoms with Crippen LogP contribution in [0.3, 0.4) is 0 Å². The number of nitrogens with zero attached hydrogens (tertiary/aromatic N) is 2. The molecule has 0 aliphatic rings. The molecule has 0 atom stereocenters. The summed E-state index contributed by atoms with van der Waals surface area (Å²) in [4.78, 5) is 16.4. The lowest BCUT2D eigenvalue weighted by atomic mass is 10.2. The minimum atomic E-state index is -3.43. The summed E-state index contributed by atoms with van der Waals surface area (Å²) < 4.78 is 28.0. The van der Waals surface area contributed by atoms with E-state index in [4.69, 9.17) is 11.6 Å². The van der Waals surface area contributed by atoms with Crippen molar-refractivity contribution in [3.8, 4) is 0 Å². The van der Waals surface area contributed by atoms with Crippen LogP contribution in [0, 0.1) is 0 Å². The Morgan fingerprint density at radius 1 is 1.21 bits per heavy atom. The second kappa shape index (κ2) is 9.04. The standard InChI is InChI=1S/C20H19ClN4O3S/c1-2-12-22-29(27,28)14-15-6-8-16(9-7-15)23-19(26)11-10-17-20(21)24-18-5-3-4-13-25(17)18/h2-11,13,22H,1,12,14H2,(H,23,26)/b11-10+. The zero-order chi connectivity index (χ0) is 20.9. The third-order valence-corrected chi connectivity index (χ3v) is 5.54. The van der Waals surface area contributed by atoms with Crippen molar-refractivity contribution in [3.05, 3.63) is 83.8 Å². The summed E-state index contributed by atoms with van der Waals surface area (Å²) in [6.07, 6.45) is 6.23. The van der Waals surface area contributed by atoms with Crippen molar-refractivity contribution in [2.45, 2.75) is 5.75 Å². The van der Waals surface area contributed by atoms with Gasteiger partial charge in [-0.15, -0.1) is 6.58 Å². The number of pyridine rings is 1. The highest BCUT2D eigenvalue weighted by Gasteiger charge is 2.10. The van der Waals surface area contributed by atoms with Crippen LogP contribution in [0.1, 0.15) is 11.3 Å². The van der Waals surface area contributed by atoms with E-state index < -0.39 is 10.0 Å². The van der Waals surface area contributed by atoms with E-state index in [1.54, 1.807) is 34.7 Å².